The minimum atomic E-state index is -3.33. The van der Waals surface area contributed by atoms with E-state index >= 15 is 0 Å². The molecule has 2 aromatic carbocycles. The number of aryl methyl sites for hydroxylation is 1. The van der Waals surface area contributed by atoms with Crippen LogP contribution < -0.4 is 13.8 Å². The molecule has 0 spiro atoms. The second kappa shape index (κ2) is 8.42. The van der Waals surface area contributed by atoms with E-state index in [1.165, 1.54) is 10.6 Å². The number of carbonyl (C=O) groups excluding carboxylic acids is 1. The molecule has 4 rings (SSSR count). The molecular weight excluding hydrogens is 416 g/mol. The van der Waals surface area contributed by atoms with Gasteiger partial charge in [-0.2, -0.15) is 0 Å². The molecule has 0 bridgehead atoms. The number of hydrogen-bond donors (Lipinski definition) is 0. The Balaban J connectivity index is 1.62. The van der Waals surface area contributed by atoms with Gasteiger partial charge in [-0.25, -0.2) is 8.42 Å². The molecule has 1 saturated heterocycles. The number of methoxy groups -OCH3 is 2. The number of likely N-dealkylation sites (tertiary alicyclic amines) is 1. The molecule has 2 aliphatic heterocycles. The summed E-state index contributed by atoms with van der Waals surface area (Å²) >= 11 is 0. The van der Waals surface area contributed by atoms with Crippen molar-refractivity contribution in [1.29, 1.82) is 0 Å². The van der Waals surface area contributed by atoms with Crippen molar-refractivity contribution in [2.75, 3.05) is 37.9 Å². The molecule has 7 nitrogen and oxygen atoms in total. The Kier molecular flexibility index (Phi) is 5.83. The Morgan fingerprint density at radius 3 is 2.48 bits per heavy atom. The van der Waals surface area contributed by atoms with Crippen molar-refractivity contribution in [3.05, 3.63) is 53.1 Å². The van der Waals surface area contributed by atoms with Crippen LogP contribution in [-0.4, -0.2) is 52.8 Å². The van der Waals surface area contributed by atoms with Gasteiger partial charge in [0.05, 0.1) is 32.2 Å². The minimum Gasteiger partial charge on any atom is -0.493 e. The highest BCUT2D eigenvalue weighted by molar-refractivity contribution is 7.92. The van der Waals surface area contributed by atoms with Gasteiger partial charge in [0.2, 0.25) is 10.0 Å². The Morgan fingerprint density at radius 1 is 1.00 bits per heavy atom. The van der Waals surface area contributed by atoms with E-state index in [2.05, 4.69) is 0 Å². The second-order valence-corrected chi connectivity index (χ2v) is 9.96. The van der Waals surface area contributed by atoms with Crippen molar-refractivity contribution in [3.63, 3.8) is 0 Å². The van der Waals surface area contributed by atoms with Crippen LogP contribution in [-0.2, 0) is 16.4 Å². The summed E-state index contributed by atoms with van der Waals surface area (Å²) in [6.45, 7) is 1.16. The molecule has 166 valence electrons. The van der Waals surface area contributed by atoms with Gasteiger partial charge in [0, 0.05) is 18.7 Å². The Labute approximate surface area is 183 Å². The quantitative estimate of drug-likeness (QED) is 0.707. The monoisotopic (exact) mass is 444 g/mol. The summed E-state index contributed by atoms with van der Waals surface area (Å²) in [6, 6.07) is 11.1. The van der Waals surface area contributed by atoms with E-state index in [1.807, 2.05) is 29.2 Å². The van der Waals surface area contributed by atoms with E-state index in [9.17, 15) is 13.2 Å². The first-order valence-electron chi connectivity index (χ1n) is 10.5. The van der Waals surface area contributed by atoms with Crippen LogP contribution in [0.25, 0.3) is 0 Å². The van der Waals surface area contributed by atoms with Gasteiger partial charge in [-0.15, -0.1) is 0 Å². The lowest BCUT2D eigenvalue weighted by Gasteiger charge is -2.30. The zero-order chi connectivity index (χ0) is 22.2. The smallest absolute Gasteiger partial charge is 0.254 e. The summed E-state index contributed by atoms with van der Waals surface area (Å²) in [5.74, 6) is 1.28. The van der Waals surface area contributed by atoms with Crippen LogP contribution in [0.4, 0.5) is 5.69 Å². The van der Waals surface area contributed by atoms with Crippen molar-refractivity contribution < 1.29 is 22.7 Å². The highest BCUT2D eigenvalue weighted by Crippen LogP contribution is 2.38. The third kappa shape index (κ3) is 4.08. The van der Waals surface area contributed by atoms with Gasteiger partial charge in [0.25, 0.3) is 5.91 Å². The van der Waals surface area contributed by atoms with Gasteiger partial charge in [0.15, 0.2) is 11.5 Å². The molecule has 0 unspecified atom stereocenters. The number of ether oxygens (including phenoxy) is 2. The summed E-state index contributed by atoms with van der Waals surface area (Å²) in [4.78, 5) is 15.3. The van der Waals surface area contributed by atoms with Crippen LogP contribution in [0.1, 0.15) is 46.8 Å². The number of carbonyl (C=O) groups is 1. The van der Waals surface area contributed by atoms with Gasteiger partial charge >= 0.3 is 0 Å². The zero-order valence-electron chi connectivity index (χ0n) is 18.1. The van der Waals surface area contributed by atoms with Gasteiger partial charge in [-0.1, -0.05) is 6.07 Å². The number of anilines is 1. The van der Waals surface area contributed by atoms with Crippen LogP contribution >= 0.6 is 0 Å². The molecule has 0 saturated carbocycles. The fourth-order valence-corrected chi connectivity index (χ4v) is 5.62. The van der Waals surface area contributed by atoms with Crippen LogP contribution in [0.15, 0.2) is 36.4 Å². The average molecular weight is 445 g/mol. The van der Waals surface area contributed by atoms with Gasteiger partial charge < -0.3 is 14.4 Å². The third-order valence-electron chi connectivity index (χ3n) is 6.11. The van der Waals surface area contributed by atoms with Crippen molar-refractivity contribution in [2.45, 2.75) is 31.7 Å². The topological polar surface area (TPSA) is 76.2 Å². The molecule has 0 aromatic heterocycles. The van der Waals surface area contributed by atoms with Crippen molar-refractivity contribution in [3.8, 4) is 11.5 Å². The second-order valence-electron chi connectivity index (χ2n) is 8.05. The molecular formula is C23H28N2O5S. The first kappa shape index (κ1) is 21.5. The molecule has 1 atom stereocenters. The predicted octanol–water partition coefficient (Wildman–Crippen LogP) is 3.39. The van der Waals surface area contributed by atoms with Crippen LogP contribution in [0, 0.1) is 0 Å². The molecule has 8 heteroatoms. The lowest BCUT2D eigenvalue weighted by molar-refractivity contribution is 0.0735. The van der Waals surface area contributed by atoms with E-state index < -0.39 is 10.0 Å². The predicted molar refractivity (Wildman–Crippen MR) is 120 cm³/mol. The zero-order valence-corrected chi connectivity index (χ0v) is 18.9. The molecule has 31 heavy (non-hydrogen) atoms. The van der Waals surface area contributed by atoms with Gasteiger partial charge in [0.1, 0.15) is 0 Å². The fraction of sp³-hybridized carbons (Fsp3) is 0.435. The van der Waals surface area contributed by atoms with Crippen LogP contribution in [0.5, 0.6) is 11.5 Å². The molecule has 2 aliphatic rings. The van der Waals surface area contributed by atoms with Gasteiger partial charge in [-0.3, -0.25) is 9.10 Å². The number of benzene rings is 2. The van der Waals surface area contributed by atoms with Crippen molar-refractivity contribution in [1.82, 2.24) is 4.90 Å². The maximum Gasteiger partial charge on any atom is 0.254 e. The third-order valence-corrected chi connectivity index (χ3v) is 7.29. The summed E-state index contributed by atoms with van der Waals surface area (Å²) in [7, 11) is -0.125. The number of rotatable bonds is 5. The van der Waals surface area contributed by atoms with E-state index in [0.717, 1.165) is 36.8 Å². The summed E-state index contributed by atoms with van der Waals surface area (Å²) in [6.07, 6.45) is 4.54. The first-order chi connectivity index (χ1) is 14.8. The molecule has 0 radical (unpaired) electrons. The molecule has 2 heterocycles. The highest BCUT2D eigenvalue weighted by Gasteiger charge is 2.32. The summed E-state index contributed by atoms with van der Waals surface area (Å²) in [5, 5.41) is 0. The Hall–Kier alpha value is -2.74. The van der Waals surface area contributed by atoms with Crippen LogP contribution in [0.3, 0.4) is 0 Å². The molecule has 2 aromatic rings. The van der Waals surface area contributed by atoms with Crippen LogP contribution in [0.2, 0.25) is 0 Å². The van der Waals surface area contributed by atoms with Gasteiger partial charge in [-0.05, 0) is 67.1 Å². The first-order valence-corrected chi connectivity index (χ1v) is 12.3. The Bertz CT molecular complexity index is 1100. The summed E-state index contributed by atoms with van der Waals surface area (Å²) in [5.41, 5.74) is 3.21. The highest BCUT2D eigenvalue weighted by atomic mass is 32.2. The number of sulfonamides is 1. The fourth-order valence-electron chi connectivity index (χ4n) is 4.62. The number of nitrogens with zero attached hydrogens (tertiary/aromatic N) is 2. The average Bonchev–Trinajstić information content (AvgIpc) is 3.26. The maximum absolute atomic E-state index is 13.4. The lowest BCUT2D eigenvalue weighted by Crippen LogP contribution is -2.35. The largest absolute Gasteiger partial charge is 0.493 e. The number of hydrogen-bond acceptors (Lipinski definition) is 5. The SMILES string of the molecule is COc1ccc([C@@H]2CCCN2C(=O)c2ccc3c(c2)CCCN3S(C)(=O)=O)cc1OC. The van der Waals surface area contributed by atoms with Crippen molar-refractivity contribution in [2.24, 2.45) is 0 Å². The molecule has 0 aliphatic carbocycles. The van der Waals surface area contributed by atoms with E-state index in [1.54, 1.807) is 26.4 Å². The number of amides is 1. The molecule has 1 amide bonds. The molecule has 1 fully saturated rings. The Morgan fingerprint density at radius 2 is 1.77 bits per heavy atom. The van der Waals surface area contributed by atoms with Crippen molar-refractivity contribution >= 4 is 21.6 Å². The summed E-state index contributed by atoms with van der Waals surface area (Å²) < 4.78 is 36.4. The van der Waals surface area contributed by atoms with E-state index in [0.29, 0.717) is 35.8 Å². The lowest BCUT2D eigenvalue weighted by atomic mass is 9.99. The van der Waals surface area contributed by atoms with E-state index in [-0.39, 0.29) is 11.9 Å². The molecule has 0 N–H and O–H groups in total. The normalized spacial score (nSPS) is 18.6. The van der Waals surface area contributed by atoms with E-state index in [4.69, 9.17) is 9.47 Å². The maximum atomic E-state index is 13.4. The standard InChI is InChI=1S/C23H28N2O5S/c1-29-21-11-9-17(15-22(21)30-2)19-7-5-12-24(19)23(26)18-8-10-20-16(14-18)6-4-13-25(20)31(3,27)28/h8-11,14-15,19H,4-7,12-13H2,1-3H3/t19-/m0/s1. The number of fused-ring (bicyclic) bond motifs is 1. The minimum absolute atomic E-state index is 0.0310.